The molecular formula is C16H15N5. The van der Waals surface area contributed by atoms with Crippen LogP contribution in [0, 0.1) is 6.92 Å². The Bertz CT molecular complexity index is 738. The van der Waals surface area contributed by atoms with Gasteiger partial charge in [0.1, 0.15) is 0 Å². The van der Waals surface area contributed by atoms with Gasteiger partial charge in [-0.15, -0.1) is 0 Å². The normalized spacial score (nSPS) is 10.3. The molecular weight excluding hydrogens is 262 g/mol. The van der Waals surface area contributed by atoms with Crippen LogP contribution in [0.15, 0.2) is 55.0 Å². The zero-order chi connectivity index (χ0) is 14.7. The Labute approximate surface area is 122 Å². The largest absolute Gasteiger partial charge is 0.399 e. The molecule has 3 N–H and O–H groups in total. The third-order valence-electron chi connectivity index (χ3n) is 3.07. The fourth-order valence-corrected chi connectivity index (χ4v) is 1.99. The number of benzene rings is 1. The molecule has 3 aromatic rings. The van der Waals surface area contributed by atoms with Gasteiger partial charge in [0, 0.05) is 35.5 Å². The van der Waals surface area contributed by atoms with E-state index in [4.69, 9.17) is 5.73 Å². The van der Waals surface area contributed by atoms with Crippen LogP contribution in [-0.4, -0.2) is 15.0 Å². The fraction of sp³-hybridized carbons (Fsp3) is 0.0625. The average Bonchev–Trinajstić information content (AvgIpc) is 2.52. The third-order valence-corrected chi connectivity index (χ3v) is 3.07. The zero-order valence-electron chi connectivity index (χ0n) is 11.6. The number of aromatic nitrogens is 3. The molecule has 5 heteroatoms. The number of hydrogen-bond acceptors (Lipinski definition) is 5. The standard InChI is InChI=1S/C16H15N5/c1-11-9-19-16(20-14-6-4-13(17)5-7-14)21-15(11)12-3-2-8-18-10-12/h2-10H,17H2,1H3,(H,19,20,21). The molecule has 0 fully saturated rings. The highest BCUT2D eigenvalue weighted by Gasteiger charge is 2.06. The van der Waals surface area contributed by atoms with E-state index in [0.717, 1.165) is 28.2 Å². The number of nitrogens with two attached hydrogens (primary N) is 1. The number of nitrogen functional groups attached to an aromatic ring is 1. The van der Waals surface area contributed by atoms with Crippen LogP contribution >= 0.6 is 0 Å². The van der Waals surface area contributed by atoms with Crippen LogP contribution in [0.3, 0.4) is 0 Å². The highest BCUT2D eigenvalue weighted by Crippen LogP contribution is 2.22. The number of nitrogens with one attached hydrogen (secondary N) is 1. The van der Waals surface area contributed by atoms with Gasteiger partial charge < -0.3 is 11.1 Å². The number of nitrogens with zero attached hydrogens (tertiary/aromatic N) is 3. The van der Waals surface area contributed by atoms with Crippen molar-refractivity contribution in [2.75, 3.05) is 11.1 Å². The molecule has 0 saturated heterocycles. The molecule has 3 rings (SSSR count). The lowest BCUT2D eigenvalue weighted by atomic mass is 10.1. The summed E-state index contributed by atoms with van der Waals surface area (Å²) in [4.78, 5) is 13.0. The fourth-order valence-electron chi connectivity index (χ4n) is 1.99. The van der Waals surface area contributed by atoms with Gasteiger partial charge in [-0.05, 0) is 48.9 Å². The van der Waals surface area contributed by atoms with Crippen LogP contribution in [0.25, 0.3) is 11.3 Å². The first-order valence-electron chi connectivity index (χ1n) is 6.59. The van der Waals surface area contributed by atoms with Gasteiger partial charge in [-0.3, -0.25) is 4.98 Å². The van der Waals surface area contributed by atoms with Crippen molar-refractivity contribution in [3.8, 4) is 11.3 Å². The quantitative estimate of drug-likeness (QED) is 0.719. The van der Waals surface area contributed by atoms with Gasteiger partial charge in [0.2, 0.25) is 5.95 Å². The molecule has 0 aliphatic carbocycles. The zero-order valence-corrected chi connectivity index (χ0v) is 11.6. The van der Waals surface area contributed by atoms with Gasteiger partial charge in [-0.25, -0.2) is 9.97 Å². The van der Waals surface area contributed by atoms with Gasteiger partial charge in [0.15, 0.2) is 0 Å². The van der Waals surface area contributed by atoms with Crippen molar-refractivity contribution >= 4 is 17.3 Å². The van der Waals surface area contributed by atoms with Crippen LogP contribution in [-0.2, 0) is 0 Å². The maximum absolute atomic E-state index is 5.67. The Morgan fingerprint density at radius 3 is 2.57 bits per heavy atom. The van der Waals surface area contributed by atoms with Crippen molar-refractivity contribution in [3.63, 3.8) is 0 Å². The van der Waals surface area contributed by atoms with Crippen molar-refractivity contribution in [1.82, 2.24) is 15.0 Å². The molecule has 0 radical (unpaired) electrons. The van der Waals surface area contributed by atoms with Gasteiger partial charge in [-0.1, -0.05) is 0 Å². The minimum Gasteiger partial charge on any atom is -0.399 e. The first-order valence-corrected chi connectivity index (χ1v) is 6.59. The second-order valence-electron chi connectivity index (χ2n) is 4.71. The average molecular weight is 277 g/mol. The summed E-state index contributed by atoms with van der Waals surface area (Å²) in [5.74, 6) is 0.546. The SMILES string of the molecule is Cc1cnc(Nc2ccc(N)cc2)nc1-c1cccnc1. The summed E-state index contributed by atoms with van der Waals surface area (Å²) in [6.07, 6.45) is 5.34. The molecule has 104 valence electrons. The molecule has 0 saturated carbocycles. The predicted octanol–water partition coefficient (Wildman–Crippen LogP) is 3.17. The number of pyridine rings is 1. The summed E-state index contributed by atoms with van der Waals surface area (Å²) >= 11 is 0. The predicted molar refractivity (Wildman–Crippen MR) is 84.1 cm³/mol. The lowest BCUT2D eigenvalue weighted by Gasteiger charge is -2.09. The lowest BCUT2D eigenvalue weighted by Crippen LogP contribution is -2.00. The number of aryl methyl sites for hydroxylation is 1. The minimum atomic E-state index is 0.546. The summed E-state index contributed by atoms with van der Waals surface area (Å²) in [5, 5.41) is 3.17. The lowest BCUT2D eigenvalue weighted by molar-refractivity contribution is 1.13. The van der Waals surface area contributed by atoms with E-state index in [2.05, 4.69) is 20.3 Å². The number of hydrogen-bond donors (Lipinski definition) is 2. The minimum absolute atomic E-state index is 0.546. The van der Waals surface area contributed by atoms with E-state index in [1.807, 2.05) is 43.3 Å². The molecule has 0 spiro atoms. The van der Waals surface area contributed by atoms with Crippen molar-refractivity contribution in [1.29, 1.82) is 0 Å². The van der Waals surface area contributed by atoms with Crippen molar-refractivity contribution < 1.29 is 0 Å². The molecule has 0 aliphatic rings. The van der Waals surface area contributed by atoms with Crippen LogP contribution in [0.2, 0.25) is 0 Å². The Morgan fingerprint density at radius 1 is 1.05 bits per heavy atom. The van der Waals surface area contributed by atoms with Crippen LogP contribution in [0.1, 0.15) is 5.56 Å². The Morgan fingerprint density at radius 2 is 1.86 bits per heavy atom. The maximum Gasteiger partial charge on any atom is 0.227 e. The molecule has 21 heavy (non-hydrogen) atoms. The molecule has 0 atom stereocenters. The number of anilines is 3. The van der Waals surface area contributed by atoms with Gasteiger partial charge in [-0.2, -0.15) is 0 Å². The Hall–Kier alpha value is -2.95. The van der Waals surface area contributed by atoms with Crippen LogP contribution in [0.4, 0.5) is 17.3 Å². The second-order valence-corrected chi connectivity index (χ2v) is 4.71. The molecule has 2 aromatic heterocycles. The number of rotatable bonds is 3. The van der Waals surface area contributed by atoms with Gasteiger partial charge in [0.25, 0.3) is 0 Å². The molecule has 1 aromatic carbocycles. The van der Waals surface area contributed by atoms with Gasteiger partial charge >= 0.3 is 0 Å². The third kappa shape index (κ3) is 2.97. The molecule has 0 aliphatic heterocycles. The summed E-state index contributed by atoms with van der Waals surface area (Å²) in [7, 11) is 0. The van der Waals surface area contributed by atoms with Crippen molar-refractivity contribution in [2.45, 2.75) is 6.92 Å². The van der Waals surface area contributed by atoms with E-state index in [-0.39, 0.29) is 0 Å². The van der Waals surface area contributed by atoms with E-state index < -0.39 is 0 Å². The second kappa shape index (κ2) is 5.58. The van der Waals surface area contributed by atoms with E-state index >= 15 is 0 Å². The maximum atomic E-state index is 5.67. The summed E-state index contributed by atoms with van der Waals surface area (Å²) in [6, 6.07) is 11.3. The smallest absolute Gasteiger partial charge is 0.227 e. The van der Waals surface area contributed by atoms with Crippen LogP contribution < -0.4 is 11.1 Å². The summed E-state index contributed by atoms with van der Waals surface area (Å²) in [5.41, 5.74) is 10.1. The summed E-state index contributed by atoms with van der Waals surface area (Å²) < 4.78 is 0. The van der Waals surface area contributed by atoms with Crippen LogP contribution in [0.5, 0.6) is 0 Å². The highest BCUT2D eigenvalue weighted by atomic mass is 15.1. The Kier molecular flexibility index (Phi) is 3.47. The van der Waals surface area contributed by atoms with Crippen molar-refractivity contribution in [2.24, 2.45) is 0 Å². The van der Waals surface area contributed by atoms with E-state index in [9.17, 15) is 0 Å². The first kappa shape index (κ1) is 13.1. The molecule has 0 bridgehead atoms. The van der Waals surface area contributed by atoms with E-state index in [0.29, 0.717) is 5.95 Å². The van der Waals surface area contributed by atoms with E-state index in [1.54, 1.807) is 18.6 Å². The molecule has 0 unspecified atom stereocenters. The topological polar surface area (TPSA) is 76.7 Å². The molecule has 0 amide bonds. The van der Waals surface area contributed by atoms with Gasteiger partial charge in [0.05, 0.1) is 5.69 Å². The van der Waals surface area contributed by atoms with E-state index in [1.165, 1.54) is 0 Å². The Balaban J connectivity index is 1.92. The highest BCUT2D eigenvalue weighted by molar-refractivity contribution is 5.64. The first-order chi connectivity index (χ1) is 10.2. The monoisotopic (exact) mass is 277 g/mol. The van der Waals surface area contributed by atoms with Crippen molar-refractivity contribution in [3.05, 3.63) is 60.6 Å². The molecule has 2 heterocycles. The molecule has 5 nitrogen and oxygen atoms in total. The summed E-state index contributed by atoms with van der Waals surface area (Å²) in [6.45, 7) is 1.98.